The second-order valence-electron chi connectivity index (χ2n) is 5.88. The normalized spacial score (nSPS) is 18.1. The fourth-order valence-electron chi connectivity index (χ4n) is 2.53. The lowest BCUT2D eigenvalue weighted by molar-refractivity contribution is -0.0184. The molecule has 1 fully saturated rings. The van der Waals surface area contributed by atoms with Crippen LogP contribution in [0.3, 0.4) is 0 Å². The molecule has 10 heteroatoms. The van der Waals surface area contributed by atoms with Gasteiger partial charge in [-0.15, -0.1) is 0 Å². The van der Waals surface area contributed by atoms with Gasteiger partial charge in [-0.25, -0.2) is 23.4 Å². The molecule has 2 aromatic rings. The molecule has 0 spiro atoms. The van der Waals surface area contributed by atoms with Crippen molar-refractivity contribution in [3.05, 3.63) is 64.3 Å². The zero-order valence-corrected chi connectivity index (χ0v) is 13.9. The van der Waals surface area contributed by atoms with Gasteiger partial charge in [0.15, 0.2) is 11.9 Å². The second kappa shape index (κ2) is 7.52. The van der Waals surface area contributed by atoms with Gasteiger partial charge < -0.3 is 14.5 Å². The molecular formula is C17H15F2N3O5. The Morgan fingerprint density at radius 2 is 2.04 bits per heavy atom. The summed E-state index contributed by atoms with van der Waals surface area (Å²) in [7, 11) is 0. The molecule has 27 heavy (non-hydrogen) atoms. The molecule has 1 atom stereocenters. The van der Waals surface area contributed by atoms with Crippen molar-refractivity contribution in [3.8, 4) is 0 Å². The van der Waals surface area contributed by atoms with E-state index in [0.29, 0.717) is 10.5 Å². The number of nitrogens with one attached hydrogen (secondary N) is 1. The first-order valence-electron chi connectivity index (χ1n) is 7.95. The average Bonchev–Trinajstić information content (AvgIpc) is 2.95. The highest BCUT2D eigenvalue weighted by Crippen LogP contribution is 2.33. The molecule has 1 N–H and O–H groups in total. The summed E-state index contributed by atoms with van der Waals surface area (Å²) in [4.78, 5) is 41.9. The average molecular weight is 379 g/mol. The van der Waals surface area contributed by atoms with Gasteiger partial charge in [0.05, 0.1) is 19.3 Å². The predicted molar refractivity (Wildman–Crippen MR) is 87.0 cm³/mol. The lowest BCUT2D eigenvalue weighted by Crippen LogP contribution is -2.39. The summed E-state index contributed by atoms with van der Waals surface area (Å²) in [6.45, 7) is -1.06. The number of carbonyl (C=O) groups is 2. The molecule has 0 radical (unpaired) electrons. The van der Waals surface area contributed by atoms with E-state index in [0.717, 1.165) is 12.4 Å². The third-order valence-electron chi connectivity index (χ3n) is 3.79. The van der Waals surface area contributed by atoms with Gasteiger partial charge in [-0.3, -0.25) is 9.69 Å². The zero-order valence-electron chi connectivity index (χ0n) is 13.9. The number of aromatic nitrogens is 2. The van der Waals surface area contributed by atoms with Crippen molar-refractivity contribution >= 4 is 12.1 Å². The van der Waals surface area contributed by atoms with Crippen molar-refractivity contribution < 1.29 is 27.8 Å². The maximum absolute atomic E-state index is 13.8. The molecule has 0 unspecified atom stereocenters. The van der Waals surface area contributed by atoms with E-state index in [2.05, 4.69) is 9.97 Å². The molecule has 1 aromatic heterocycles. The molecule has 1 aliphatic rings. The highest BCUT2D eigenvalue weighted by molar-refractivity contribution is 5.87. The molecule has 3 rings (SSSR count). The molecule has 2 heterocycles. The van der Waals surface area contributed by atoms with Gasteiger partial charge in [0, 0.05) is 6.07 Å². The molecular weight excluding hydrogens is 364 g/mol. The molecule has 1 aromatic carbocycles. The molecule has 142 valence electrons. The third-order valence-corrected chi connectivity index (χ3v) is 3.79. The molecule has 8 nitrogen and oxygen atoms in total. The maximum atomic E-state index is 13.8. The first-order chi connectivity index (χ1) is 12.8. The topological polar surface area (TPSA) is 102 Å². The summed E-state index contributed by atoms with van der Waals surface area (Å²) in [6, 6.07) is 9.56. The number of benzene rings is 1. The Morgan fingerprint density at radius 3 is 2.74 bits per heavy atom. The minimum atomic E-state index is -3.24. The van der Waals surface area contributed by atoms with Crippen LogP contribution in [0.5, 0.6) is 0 Å². The summed E-state index contributed by atoms with van der Waals surface area (Å²) in [5.74, 6) is -4.33. The van der Waals surface area contributed by atoms with Crippen LogP contribution in [0.1, 0.15) is 22.5 Å². The number of alkyl halides is 2. The molecule has 0 aliphatic carbocycles. The Kier molecular flexibility index (Phi) is 5.15. The quantitative estimate of drug-likeness (QED) is 0.815. The number of aromatic amines is 1. The van der Waals surface area contributed by atoms with Crippen LogP contribution in [0.15, 0.2) is 47.5 Å². The van der Waals surface area contributed by atoms with Crippen LogP contribution in [-0.4, -0.2) is 45.6 Å². The number of carbonyl (C=O) groups excluding carboxylic acids is 2. The standard InChI is InChI=1S/C17H15F2N3O5/c18-17(19)7-14(27-15(24)12-6-13(23)21-10-20-12)22(9-17)16(25)26-8-11-4-2-1-3-5-11/h1-6,10,14H,7-9H2,(H,20,21,23)/t14-/m0/s1. The highest BCUT2D eigenvalue weighted by atomic mass is 19.3. The number of ether oxygens (including phenoxy) is 2. The smallest absolute Gasteiger partial charge is 0.413 e. The molecule has 1 aliphatic heterocycles. The number of nitrogens with zero attached hydrogens (tertiary/aromatic N) is 2. The fraction of sp³-hybridized carbons (Fsp3) is 0.294. The van der Waals surface area contributed by atoms with Gasteiger partial charge in [0.25, 0.3) is 11.5 Å². The van der Waals surface area contributed by atoms with E-state index in [1.165, 1.54) is 0 Å². The Labute approximate surface area is 151 Å². The summed E-state index contributed by atoms with van der Waals surface area (Å²) in [6.07, 6.45) is -2.46. The van der Waals surface area contributed by atoms with Crippen LogP contribution in [0, 0.1) is 0 Å². The van der Waals surface area contributed by atoms with Crippen LogP contribution in [-0.2, 0) is 16.1 Å². The molecule has 0 saturated carbocycles. The van der Waals surface area contributed by atoms with Crippen LogP contribution in [0.25, 0.3) is 0 Å². The van der Waals surface area contributed by atoms with Gasteiger partial charge in [-0.05, 0) is 5.56 Å². The Bertz CT molecular complexity index is 887. The highest BCUT2D eigenvalue weighted by Gasteiger charge is 2.50. The van der Waals surface area contributed by atoms with Gasteiger partial charge in [0.1, 0.15) is 6.61 Å². The van der Waals surface area contributed by atoms with Crippen molar-refractivity contribution in [2.24, 2.45) is 0 Å². The number of halogens is 2. The number of rotatable bonds is 4. The lowest BCUT2D eigenvalue weighted by Gasteiger charge is -2.22. The van der Waals surface area contributed by atoms with Crippen LogP contribution < -0.4 is 5.56 Å². The second-order valence-corrected chi connectivity index (χ2v) is 5.88. The van der Waals surface area contributed by atoms with Crippen LogP contribution >= 0.6 is 0 Å². The Balaban J connectivity index is 1.68. The fourth-order valence-corrected chi connectivity index (χ4v) is 2.53. The number of H-pyrrole nitrogens is 1. The van der Waals surface area contributed by atoms with E-state index in [1.54, 1.807) is 30.3 Å². The summed E-state index contributed by atoms with van der Waals surface area (Å²) >= 11 is 0. The van der Waals surface area contributed by atoms with Crippen LogP contribution in [0.4, 0.5) is 13.6 Å². The molecule has 1 amide bonds. The van der Waals surface area contributed by atoms with Crippen molar-refractivity contribution in [3.63, 3.8) is 0 Å². The molecule has 1 saturated heterocycles. The van der Waals surface area contributed by atoms with E-state index in [9.17, 15) is 23.2 Å². The van der Waals surface area contributed by atoms with E-state index in [1.807, 2.05) is 0 Å². The summed E-state index contributed by atoms with van der Waals surface area (Å²) in [5.41, 5.74) is -0.280. The predicted octanol–water partition coefficient (Wildman–Crippen LogP) is 1.93. The van der Waals surface area contributed by atoms with E-state index < -0.39 is 42.7 Å². The summed E-state index contributed by atoms with van der Waals surface area (Å²) in [5, 5.41) is 0. The number of esters is 1. The van der Waals surface area contributed by atoms with E-state index in [-0.39, 0.29) is 12.3 Å². The minimum absolute atomic E-state index is 0.113. The number of likely N-dealkylation sites (tertiary alicyclic amines) is 1. The third kappa shape index (κ3) is 4.66. The van der Waals surface area contributed by atoms with Crippen molar-refractivity contribution in [1.29, 1.82) is 0 Å². The summed E-state index contributed by atoms with van der Waals surface area (Å²) < 4.78 is 37.5. The van der Waals surface area contributed by atoms with Gasteiger partial charge in [-0.1, -0.05) is 30.3 Å². The first kappa shape index (κ1) is 18.5. The largest absolute Gasteiger partial charge is 0.444 e. The van der Waals surface area contributed by atoms with Crippen molar-refractivity contribution in [2.45, 2.75) is 25.2 Å². The number of hydrogen-bond donors (Lipinski definition) is 1. The van der Waals surface area contributed by atoms with E-state index >= 15 is 0 Å². The van der Waals surface area contributed by atoms with Gasteiger partial charge in [-0.2, -0.15) is 0 Å². The van der Waals surface area contributed by atoms with E-state index in [4.69, 9.17) is 9.47 Å². The lowest BCUT2D eigenvalue weighted by atomic mass is 10.2. The van der Waals surface area contributed by atoms with Crippen molar-refractivity contribution in [2.75, 3.05) is 6.54 Å². The zero-order chi connectivity index (χ0) is 19.4. The van der Waals surface area contributed by atoms with Crippen molar-refractivity contribution in [1.82, 2.24) is 14.9 Å². The monoisotopic (exact) mass is 379 g/mol. The Hall–Kier alpha value is -3.30. The first-order valence-corrected chi connectivity index (χ1v) is 7.95. The molecule has 0 bridgehead atoms. The van der Waals surface area contributed by atoms with Crippen LogP contribution in [0.2, 0.25) is 0 Å². The van der Waals surface area contributed by atoms with Gasteiger partial charge in [0.2, 0.25) is 0 Å². The van der Waals surface area contributed by atoms with Gasteiger partial charge >= 0.3 is 12.1 Å². The SMILES string of the molecule is O=C(O[C@H]1CC(F)(F)CN1C(=O)OCc1ccccc1)c1cc(=O)[nH]cn1. The number of hydrogen-bond acceptors (Lipinski definition) is 6. The maximum Gasteiger partial charge on any atom is 0.413 e. The minimum Gasteiger partial charge on any atom is -0.444 e. The Morgan fingerprint density at radius 1 is 1.30 bits per heavy atom. The number of amides is 1.